The quantitative estimate of drug-likeness (QED) is 0.389. The van der Waals surface area contributed by atoms with Crippen LogP contribution in [0.1, 0.15) is 36.8 Å². The molecule has 200 valence electrons. The number of carbonyl (C=O) groups excluding carboxylic acids is 1. The molecule has 0 bridgehead atoms. The monoisotopic (exact) mass is 548 g/mol. The van der Waals surface area contributed by atoms with Crippen molar-refractivity contribution in [2.45, 2.75) is 62.7 Å². The molecule has 4 rings (SSSR count). The molecule has 1 amide bonds. The first kappa shape index (κ1) is 29.2. The largest absolute Gasteiger partial charge is 0.445 e. The van der Waals surface area contributed by atoms with Gasteiger partial charge in [-0.05, 0) is 24.0 Å². The van der Waals surface area contributed by atoms with Gasteiger partial charge in [0.15, 0.2) is 5.54 Å². The average molecular weight is 549 g/mol. The van der Waals surface area contributed by atoms with Crippen LogP contribution in [-0.2, 0) is 32.2 Å². The number of nitriles is 1. The zero-order valence-corrected chi connectivity index (χ0v) is 22.3. The number of halogens is 2. The van der Waals surface area contributed by atoms with E-state index in [0.29, 0.717) is 43.9 Å². The molecular weight excluding hydrogens is 515 g/mol. The van der Waals surface area contributed by atoms with Crippen molar-refractivity contribution in [3.05, 3.63) is 71.8 Å². The number of rotatable bonds is 10. The highest BCUT2D eigenvalue weighted by molar-refractivity contribution is 6.18. The van der Waals surface area contributed by atoms with E-state index in [2.05, 4.69) is 23.5 Å². The first-order valence-corrected chi connectivity index (χ1v) is 13.5. The SMILES string of the molecule is ClCCC1CC(OCc2ccccc2)CO1.N#CC1(NC(=O)OCc2ccccc2)COC(CCCl)C1. The van der Waals surface area contributed by atoms with E-state index in [1.807, 2.05) is 48.5 Å². The fourth-order valence-corrected chi connectivity index (χ4v) is 4.61. The topological polar surface area (TPSA) is 89.8 Å². The molecule has 2 aliphatic rings. The summed E-state index contributed by atoms with van der Waals surface area (Å²) in [4.78, 5) is 11.8. The maximum absolute atomic E-state index is 11.8. The molecule has 2 aromatic rings. The molecule has 0 aromatic heterocycles. The number of hydrogen-bond acceptors (Lipinski definition) is 6. The predicted molar refractivity (Wildman–Crippen MR) is 143 cm³/mol. The highest BCUT2D eigenvalue weighted by Crippen LogP contribution is 2.26. The summed E-state index contributed by atoms with van der Waals surface area (Å²) in [5.41, 5.74) is 1.08. The van der Waals surface area contributed by atoms with Crippen molar-refractivity contribution in [1.29, 1.82) is 5.26 Å². The summed E-state index contributed by atoms with van der Waals surface area (Å²) >= 11 is 11.3. The summed E-state index contributed by atoms with van der Waals surface area (Å²) in [7, 11) is 0. The second-order valence-corrected chi connectivity index (χ2v) is 9.84. The Balaban J connectivity index is 0.000000213. The molecule has 0 saturated carbocycles. The molecule has 1 N–H and O–H groups in total. The fourth-order valence-electron chi connectivity index (χ4n) is 4.12. The van der Waals surface area contributed by atoms with Crippen molar-refractivity contribution in [3.63, 3.8) is 0 Å². The molecule has 2 aromatic carbocycles. The van der Waals surface area contributed by atoms with Crippen LogP contribution in [0.5, 0.6) is 0 Å². The van der Waals surface area contributed by atoms with Crippen molar-refractivity contribution in [3.8, 4) is 6.07 Å². The van der Waals surface area contributed by atoms with Crippen LogP contribution in [0.15, 0.2) is 60.7 Å². The standard InChI is InChI=1S/C15H17ClN2O3.C13H17ClO2/c16-7-6-13-8-15(10-17,11-21-13)18-14(19)20-9-12-4-2-1-3-5-12;14-7-6-12-8-13(10-16-12)15-9-11-4-2-1-3-5-11/h1-5,13H,6-9,11H2,(H,18,19);1-5,12-13H,6-10H2. The molecule has 2 saturated heterocycles. The molecule has 2 fully saturated rings. The lowest BCUT2D eigenvalue weighted by Crippen LogP contribution is -2.48. The lowest BCUT2D eigenvalue weighted by molar-refractivity contribution is 0.0274. The summed E-state index contributed by atoms with van der Waals surface area (Å²) in [6.07, 6.45) is 2.79. The number of benzene rings is 2. The highest BCUT2D eigenvalue weighted by atomic mass is 35.5. The van der Waals surface area contributed by atoms with Crippen LogP contribution in [0.2, 0.25) is 0 Å². The lowest BCUT2D eigenvalue weighted by atomic mass is 9.97. The summed E-state index contributed by atoms with van der Waals surface area (Å²) in [5, 5.41) is 11.9. The van der Waals surface area contributed by atoms with Crippen LogP contribution < -0.4 is 5.32 Å². The van der Waals surface area contributed by atoms with Crippen molar-refractivity contribution < 1.29 is 23.7 Å². The van der Waals surface area contributed by atoms with Gasteiger partial charge < -0.3 is 24.3 Å². The number of amides is 1. The Bertz CT molecular complexity index is 976. The van der Waals surface area contributed by atoms with Crippen molar-refractivity contribution in [1.82, 2.24) is 5.32 Å². The normalized spacial score (nSPS) is 24.5. The molecule has 2 heterocycles. The van der Waals surface area contributed by atoms with Gasteiger partial charge >= 0.3 is 6.09 Å². The van der Waals surface area contributed by atoms with E-state index in [0.717, 1.165) is 18.4 Å². The Morgan fingerprint density at radius 1 is 0.973 bits per heavy atom. The lowest BCUT2D eigenvalue weighted by Gasteiger charge is -2.20. The molecule has 0 aliphatic carbocycles. The molecule has 9 heteroatoms. The molecule has 4 unspecified atom stereocenters. The molecule has 0 radical (unpaired) electrons. The summed E-state index contributed by atoms with van der Waals surface area (Å²) < 4.78 is 22.0. The molecule has 0 spiro atoms. The van der Waals surface area contributed by atoms with Crippen LogP contribution in [0, 0.1) is 11.3 Å². The average Bonchev–Trinajstić information content (AvgIpc) is 3.55. The van der Waals surface area contributed by atoms with E-state index in [1.165, 1.54) is 5.56 Å². The molecule has 37 heavy (non-hydrogen) atoms. The van der Waals surface area contributed by atoms with Gasteiger partial charge in [0.2, 0.25) is 0 Å². The number of carbonyl (C=O) groups is 1. The van der Waals surface area contributed by atoms with E-state index in [-0.39, 0.29) is 25.4 Å². The third-order valence-corrected chi connectivity index (χ3v) is 6.58. The Labute approximate surface area is 228 Å². The second kappa shape index (κ2) is 15.8. The van der Waals surface area contributed by atoms with Crippen molar-refractivity contribution in [2.75, 3.05) is 25.0 Å². The molecule has 4 atom stereocenters. The Hall–Kier alpha value is -2.34. The number of alkyl halides is 2. The number of alkyl carbamates (subject to hydrolysis) is 1. The van der Waals surface area contributed by atoms with Crippen LogP contribution in [0.25, 0.3) is 0 Å². The van der Waals surface area contributed by atoms with Gasteiger partial charge in [0.1, 0.15) is 6.61 Å². The van der Waals surface area contributed by atoms with E-state index < -0.39 is 11.6 Å². The zero-order valence-electron chi connectivity index (χ0n) is 20.8. The number of nitrogens with one attached hydrogen (secondary N) is 1. The summed E-state index contributed by atoms with van der Waals surface area (Å²) in [6.45, 7) is 1.70. The minimum atomic E-state index is -1.02. The minimum absolute atomic E-state index is 0.100. The van der Waals surface area contributed by atoms with E-state index in [9.17, 15) is 10.1 Å². The van der Waals surface area contributed by atoms with Gasteiger partial charge in [-0.25, -0.2) is 4.79 Å². The van der Waals surface area contributed by atoms with Gasteiger partial charge in [-0.15, -0.1) is 23.2 Å². The van der Waals surface area contributed by atoms with Crippen LogP contribution in [-0.4, -0.2) is 54.9 Å². The van der Waals surface area contributed by atoms with Gasteiger partial charge in [0.25, 0.3) is 0 Å². The molecule has 7 nitrogen and oxygen atoms in total. The van der Waals surface area contributed by atoms with E-state index in [1.54, 1.807) is 0 Å². The Morgan fingerprint density at radius 3 is 2.22 bits per heavy atom. The zero-order chi connectivity index (χ0) is 26.3. The minimum Gasteiger partial charge on any atom is -0.445 e. The van der Waals surface area contributed by atoms with Gasteiger partial charge in [-0.3, -0.25) is 0 Å². The first-order chi connectivity index (χ1) is 18.1. The third-order valence-electron chi connectivity index (χ3n) is 6.14. The Morgan fingerprint density at radius 2 is 1.59 bits per heavy atom. The predicted octanol–water partition coefficient (Wildman–Crippen LogP) is 5.58. The summed E-state index contributed by atoms with van der Waals surface area (Å²) in [6, 6.07) is 21.7. The summed E-state index contributed by atoms with van der Waals surface area (Å²) in [5.74, 6) is 1.13. The van der Waals surface area contributed by atoms with Crippen LogP contribution in [0.4, 0.5) is 4.79 Å². The maximum atomic E-state index is 11.8. The van der Waals surface area contributed by atoms with Crippen LogP contribution in [0.3, 0.4) is 0 Å². The first-order valence-electron chi connectivity index (χ1n) is 12.5. The van der Waals surface area contributed by atoms with Crippen molar-refractivity contribution in [2.24, 2.45) is 0 Å². The Kier molecular flexibility index (Phi) is 12.5. The van der Waals surface area contributed by atoms with Gasteiger partial charge in [-0.2, -0.15) is 5.26 Å². The number of nitrogens with zero attached hydrogens (tertiary/aromatic N) is 1. The molecule has 2 aliphatic heterocycles. The third kappa shape index (κ3) is 10.1. The van der Waals surface area contributed by atoms with E-state index >= 15 is 0 Å². The van der Waals surface area contributed by atoms with Crippen molar-refractivity contribution >= 4 is 29.3 Å². The second-order valence-electron chi connectivity index (χ2n) is 9.08. The van der Waals surface area contributed by atoms with Gasteiger partial charge in [0, 0.05) is 24.6 Å². The fraction of sp³-hybridized carbons (Fsp3) is 0.500. The highest BCUT2D eigenvalue weighted by Gasteiger charge is 2.42. The maximum Gasteiger partial charge on any atom is 0.408 e. The van der Waals surface area contributed by atoms with E-state index in [4.69, 9.17) is 42.1 Å². The molecular formula is C28H34Cl2N2O5. The number of ether oxygens (including phenoxy) is 4. The van der Waals surface area contributed by atoms with Gasteiger partial charge in [0.05, 0.1) is 44.2 Å². The van der Waals surface area contributed by atoms with Crippen LogP contribution >= 0.6 is 23.2 Å². The smallest absolute Gasteiger partial charge is 0.408 e. The van der Waals surface area contributed by atoms with Gasteiger partial charge in [-0.1, -0.05) is 60.7 Å². The number of hydrogen-bond donors (Lipinski definition) is 1.